The van der Waals surface area contributed by atoms with E-state index in [4.69, 9.17) is 4.74 Å². The first-order valence-electron chi connectivity index (χ1n) is 6.88. The Morgan fingerprint density at radius 1 is 1.36 bits per heavy atom. The van der Waals surface area contributed by atoms with Gasteiger partial charge in [-0.2, -0.15) is 0 Å². The topological polar surface area (TPSA) is 76.0 Å². The molecule has 1 aromatic carbocycles. The Morgan fingerprint density at radius 3 is 2.59 bits per heavy atom. The van der Waals surface area contributed by atoms with Gasteiger partial charge in [0.1, 0.15) is 11.5 Å². The molecule has 0 radical (unpaired) electrons. The van der Waals surface area contributed by atoms with Gasteiger partial charge in [0.25, 0.3) is 5.91 Å². The van der Waals surface area contributed by atoms with Gasteiger partial charge in [0.2, 0.25) is 0 Å². The monoisotopic (exact) mass is 319 g/mol. The molecule has 0 aliphatic carbocycles. The number of aliphatic hydroxyl groups is 1. The molecule has 0 saturated heterocycles. The zero-order chi connectivity index (χ0) is 16.1. The minimum Gasteiger partial charge on any atom is -0.511 e. The largest absolute Gasteiger partial charge is 0.511 e. The molecule has 1 N–H and O–H groups in total. The van der Waals surface area contributed by atoms with Crippen LogP contribution in [-0.2, 0) is 4.79 Å². The summed E-state index contributed by atoms with van der Waals surface area (Å²) in [6, 6.07) is 6.84. The molecular weight excluding hydrogens is 302 g/mol. The summed E-state index contributed by atoms with van der Waals surface area (Å²) in [5.41, 5.74) is 0.927. The summed E-state index contributed by atoms with van der Waals surface area (Å²) in [6.07, 6.45) is 0.673. The van der Waals surface area contributed by atoms with E-state index in [9.17, 15) is 14.7 Å². The maximum Gasteiger partial charge on any atom is 0.277 e. The van der Waals surface area contributed by atoms with Crippen LogP contribution in [0, 0.1) is 0 Å². The van der Waals surface area contributed by atoms with Gasteiger partial charge in [-0.1, -0.05) is 6.92 Å². The summed E-state index contributed by atoms with van der Waals surface area (Å²) in [5.74, 6) is 0.446. The average molecular weight is 319 g/mol. The third-order valence-electron chi connectivity index (χ3n) is 3.29. The van der Waals surface area contributed by atoms with Gasteiger partial charge < -0.3 is 9.84 Å². The molecule has 116 valence electrons. The lowest BCUT2D eigenvalue weighted by molar-refractivity contribution is -0.114. The van der Waals surface area contributed by atoms with Crippen LogP contribution < -0.4 is 4.74 Å². The number of Topliss-reactive ketones (excluding diaryl/α,β-unsaturated/α-hetero) is 1. The maximum atomic E-state index is 12.1. The van der Waals surface area contributed by atoms with E-state index in [-0.39, 0.29) is 23.7 Å². The van der Waals surface area contributed by atoms with Gasteiger partial charge in [-0.15, -0.1) is 11.8 Å². The van der Waals surface area contributed by atoms with Crippen molar-refractivity contribution in [2.75, 3.05) is 12.9 Å². The highest BCUT2D eigenvalue weighted by Crippen LogP contribution is 2.23. The molecule has 0 fully saturated rings. The Kier molecular flexibility index (Phi) is 5.38. The number of hydrogen-bond acceptors (Lipinski definition) is 5. The van der Waals surface area contributed by atoms with E-state index in [1.807, 2.05) is 0 Å². The summed E-state index contributed by atoms with van der Waals surface area (Å²) in [7, 11) is 1.56. The van der Waals surface area contributed by atoms with E-state index < -0.39 is 5.91 Å². The van der Waals surface area contributed by atoms with Gasteiger partial charge in [0.15, 0.2) is 5.78 Å². The number of dihydropyridines is 1. The summed E-state index contributed by atoms with van der Waals surface area (Å²) < 4.78 is 5.04. The molecule has 1 aromatic rings. The minimum atomic E-state index is -0.411. The second kappa shape index (κ2) is 7.26. The highest BCUT2D eigenvalue weighted by Gasteiger charge is 2.21. The molecule has 6 heteroatoms. The second-order valence-corrected chi connectivity index (χ2v) is 5.76. The van der Waals surface area contributed by atoms with Crippen molar-refractivity contribution in [1.82, 2.24) is 0 Å². The number of allylic oxidation sites excluding steroid dienone is 1. The molecule has 2 rings (SSSR count). The fraction of sp³-hybridized carbons (Fsp3) is 0.312. The number of carbonyl (C=O) groups excluding carboxylic acids is 2. The lowest BCUT2D eigenvalue weighted by atomic mass is 10.1. The highest BCUT2D eigenvalue weighted by atomic mass is 32.2. The normalized spacial score (nSPS) is 14.8. The van der Waals surface area contributed by atoms with E-state index in [0.717, 1.165) is 0 Å². The molecule has 1 aliphatic heterocycles. The van der Waals surface area contributed by atoms with Crippen molar-refractivity contribution in [3.05, 3.63) is 41.2 Å². The minimum absolute atomic E-state index is 0.0573. The first kappa shape index (κ1) is 16.3. The molecule has 1 heterocycles. The number of hydrogen-bond donors (Lipinski definition) is 1. The van der Waals surface area contributed by atoms with Gasteiger partial charge >= 0.3 is 0 Å². The molecule has 22 heavy (non-hydrogen) atoms. The number of benzene rings is 1. The smallest absolute Gasteiger partial charge is 0.277 e. The number of carbonyl (C=O) groups is 2. The number of thioether (sulfide) groups is 1. The summed E-state index contributed by atoms with van der Waals surface area (Å²) in [5, 5.41) is 10.3. The van der Waals surface area contributed by atoms with E-state index >= 15 is 0 Å². The van der Waals surface area contributed by atoms with Gasteiger partial charge in [-0.05, 0) is 30.7 Å². The van der Waals surface area contributed by atoms with Gasteiger partial charge in [-0.3, -0.25) is 9.59 Å². The standard InChI is InChI=1S/C16H17NO4S/c1-3-12-13(18)8-15(17-16(12)20)22-9-14(19)10-4-6-11(21-2)7-5-10/h4-7,18H,3,8-9H2,1-2H3. The molecule has 0 aromatic heterocycles. The van der Waals surface area contributed by atoms with Crippen molar-refractivity contribution in [2.45, 2.75) is 19.8 Å². The molecule has 0 atom stereocenters. The van der Waals surface area contributed by atoms with Crippen LogP contribution in [0.2, 0.25) is 0 Å². The second-order valence-electron chi connectivity index (χ2n) is 4.71. The van der Waals surface area contributed by atoms with Crippen LogP contribution in [-0.4, -0.2) is 34.7 Å². The molecule has 0 bridgehead atoms. The molecule has 0 unspecified atom stereocenters. The Morgan fingerprint density at radius 2 is 2.05 bits per heavy atom. The van der Waals surface area contributed by atoms with Crippen molar-refractivity contribution in [3.8, 4) is 5.75 Å². The van der Waals surface area contributed by atoms with Crippen LogP contribution in [0.3, 0.4) is 0 Å². The van der Waals surface area contributed by atoms with Crippen molar-refractivity contribution in [2.24, 2.45) is 4.99 Å². The lowest BCUT2D eigenvalue weighted by Gasteiger charge is -2.13. The number of aliphatic imine (C=N–C) groups is 1. The van der Waals surface area contributed by atoms with Crippen LogP contribution >= 0.6 is 11.8 Å². The summed E-state index contributed by atoms with van der Waals surface area (Å²) in [4.78, 5) is 27.7. The fourth-order valence-electron chi connectivity index (χ4n) is 2.04. The third-order valence-corrected chi connectivity index (χ3v) is 4.26. The Hall–Kier alpha value is -2.08. The SMILES string of the molecule is CCC1=C(O)CC(SCC(=O)c2ccc(OC)cc2)=NC1=O. The van der Waals surface area contributed by atoms with Crippen LogP contribution in [0.5, 0.6) is 5.75 Å². The number of amides is 1. The molecule has 0 spiro atoms. The van der Waals surface area contributed by atoms with Crippen LogP contribution in [0.15, 0.2) is 40.6 Å². The average Bonchev–Trinajstić information content (AvgIpc) is 2.52. The van der Waals surface area contributed by atoms with E-state index in [1.165, 1.54) is 11.8 Å². The van der Waals surface area contributed by atoms with Crippen molar-refractivity contribution < 1.29 is 19.4 Å². The predicted molar refractivity (Wildman–Crippen MR) is 86.8 cm³/mol. The van der Waals surface area contributed by atoms with Gasteiger partial charge in [0, 0.05) is 5.56 Å². The number of ketones is 1. The lowest BCUT2D eigenvalue weighted by Crippen LogP contribution is -2.15. The molecule has 5 nitrogen and oxygen atoms in total. The molecule has 1 amide bonds. The van der Waals surface area contributed by atoms with Crippen LogP contribution in [0.1, 0.15) is 30.1 Å². The van der Waals surface area contributed by atoms with E-state index in [2.05, 4.69) is 4.99 Å². The van der Waals surface area contributed by atoms with Crippen molar-refractivity contribution in [1.29, 1.82) is 0 Å². The highest BCUT2D eigenvalue weighted by molar-refractivity contribution is 8.14. The number of ether oxygens (including phenoxy) is 1. The third kappa shape index (κ3) is 3.76. The van der Waals surface area contributed by atoms with Crippen molar-refractivity contribution in [3.63, 3.8) is 0 Å². The zero-order valence-electron chi connectivity index (χ0n) is 12.5. The molecule has 0 saturated carbocycles. The van der Waals surface area contributed by atoms with Crippen LogP contribution in [0.4, 0.5) is 0 Å². The van der Waals surface area contributed by atoms with E-state index in [1.54, 1.807) is 38.3 Å². The van der Waals surface area contributed by atoms with Gasteiger partial charge in [-0.25, -0.2) is 4.99 Å². The van der Waals surface area contributed by atoms with Crippen molar-refractivity contribution >= 4 is 28.5 Å². The molecule has 1 aliphatic rings. The number of methoxy groups -OCH3 is 1. The summed E-state index contributed by atoms with van der Waals surface area (Å²) in [6.45, 7) is 1.80. The Balaban J connectivity index is 1.96. The number of aliphatic hydroxyl groups excluding tert-OH is 1. The fourth-order valence-corrected chi connectivity index (χ4v) is 2.89. The molecular formula is C16H17NO4S. The zero-order valence-corrected chi connectivity index (χ0v) is 13.3. The van der Waals surface area contributed by atoms with E-state index in [0.29, 0.717) is 28.4 Å². The Bertz CT molecular complexity index is 647. The quantitative estimate of drug-likeness (QED) is 0.844. The summed E-state index contributed by atoms with van der Waals surface area (Å²) >= 11 is 1.18. The first-order chi connectivity index (χ1) is 10.5. The number of rotatable bonds is 5. The van der Waals surface area contributed by atoms with Crippen LogP contribution in [0.25, 0.3) is 0 Å². The number of nitrogens with zero attached hydrogens (tertiary/aromatic N) is 1. The Labute approximate surface area is 133 Å². The van der Waals surface area contributed by atoms with Gasteiger partial charge in [0.05, 0.1) is 29.9 Å². The maximum absolute atomic E-state index is 12.1. The first-order valence-corrected chi connectivity index (χ1v) is 7.86. The predicted octanol–water partition coefficient (Wildman–Crippen LogP) is 3.16.